The van der Waals surface area contributed by atoms with E-state index in [0.29, 0.717) is 0 Å². The van der Waals surface area contributed by atoms with Gasteiger partial charge in [-0.1, -0.05) is 0 Å². The van der Waals surface area contributed by atoms with Crippen molar-refractivity contribution in [3.8, 4) is 30.3 Å². The van der Waals surface area contributed by atoms with Gasteiger partial charge in [0.2, 0.25) is 11.1 Å². The van der Waals surface area contributed by atoms with Crippen LogP contribution in [-0.2, 0) is 0 Å². The summed E-state index contributed by atoms with van der Waals surface area (Å²) in [7, 11) is 0. The first kappa shape index (κ1) is 15.3. The summed E-state index contributed by atoms with van der Waals surface area (Å²) in [6.45, 7) is 1.48. The van der Waals surface area contributed by atoms with Gasteiger partial charge in [-0.2, -0.15) is 26.3 Å². The van der Waals surface area contributed by atoms with Crippen molar-refractivity contribution in [2.24, 2.45) is 0 Å². The Morgan fingerprint density at radius 2 is 1.24 bits per heavy atom. The Morgan fingerprint density at radius 1 is 0.760 bits per heavy atom. The van der Waals surface area contributed by atoms with Crippen LogP contribution in [0.25, 0.3) is 33.3 Å². The molecule has 114 valence electrons. The maximum atomic E-state index is 9.45. The number of hydrogen-bond acceptors (Lipinski definition) is 9. The first-order valence-electron chi connectivity index (χ1n) is 6.58. The Balaban J connectivity index is 2.68. The number of oxazole rings is 2. The van der Waals surface area contributed by atoms with Gasteiger partial charge in [0.25, 0.3) is 0 Å². The minimum Gasteiger partial charge on any atom is -0.434 e. The van der Waals surface area contributed by atoms with Gasteiger partial charge >= 0.3 is 0 Å². The molecule has 2 heterocycles. The summed E-state index contributed by atoms with van der Waals surface area (Å²) >= 11 is 0. The minimum atomic E-state index is -0.400. The Bertz CT molecular complexity index is 1310. The van der Waals surface area contributed by atoms with Crippen molar-refractivity contribution in [2.45, 2.75) is 6.92 Å². The molecule has 0 atom stereocenters. The molecule has 0 aliphatic rings. The number of aromatic nitrogens is 2. The molecule has 0 aliphatic heterocycles. The van der Waals surface area contributed by atoms with Gasteiger partial charge in [-0.15, -0.1) is 0 Å². The highest BCUT2D eigenvalue weighted by Crippen LogP contribution is 2.29. The molecule has 0 bridgehead atoms. The summed E-state index contributed by atoms with van der Waals surface area (Å²) in [5.74, 6) is 0. The predicted octanol–water partition coefficient (Wildman–Crippen LogP) is 0.604. The fraction of sp³-hybridized carbons (Fsp3) is 0.0625. The van der Waals surface area contributed by atoms with Crippen LogP contribution in [0.1, 0.15) is 18.1 Å². The Kier molecular flexibility index (Phi) is 3.37. The third kappa shape index (κ3) is 2.05. The fourth-order valence-electron chi connectivity index (χ4n) is 2.18. The van der Waals surface area contributed by atoms with Crippen LogP contribution in [0.2, 0.25) is 0 Å². The minimum absolute atomic E-state index is 0.0218. The molecule has 0 saturated heterocycles. The van der Waals surface area contributed by atoms with Gasteiger partial charge in [0.1, 0.15) is 52.5 Å². The lowest BCUT2D eigenvalue weighted by Crippen LogP contribution is -2.03. The summed E-state index contributed by atoms with van der Waals surface area (Å²) in [5, 5.41) is 45.7. The zero-order chi connectivity index (χ0) is 18.1. The Labute approximate surface area is 138 Å². The van der Waals surface area contributed by atoms with E-state index < -0.39 is 5.57 Å². The molecular formula is C16H3N7O2. The van der Waals surface area contributed by atoms with E-state index in [0.717, 1.165) is 0 Å². The van der Waals surface area contributed by atoms with Crippen molar-refractivity contribution in [3.05, 3.63) is 22.2 Å². The highest BCUT2D eigenvalue weighted by atomic mass is 16.3. The van der Waals surface area contributed by atoms with E-state index >= 15 is 0 Å². The van der Waals surface area contributed by atoms with E-state index in [2.05, 4.69) is 9.97 Å². The van der Waals surface area contributed by atoms with Crippen LogP contribution in [0.3, 0.4) is 0 Å². The third-order valence-electron chi connectivity index (χ3n) is 3.33. The van der Waals surface area contributed by atoms with Gasteiger partial charge in [-0.25, -0.2) is 9.97 Å². The molecule has 25 heavy (non-hydrogen) atoms. The zero-order valence-electron chi connectivity index (χ0n) is 12.4. The largest absolute Gasteiger partial charge is 0.434 e. The molecule has 0 spiro atoms. The molecule has 0 unspecified atom stereocenters. The average Bonchev–Trinajstić information content (AvgIpc) is 3.24. The molecule has 0 radical (unpaired) electrons. The van der Waals surface area contributed by atoms with Crippen LogP contribution in [0.5, 0.6) is 0 Å². The van der Waals surface area contributed by atoms with Gasteiger partial charge in [-0.05, 0) is 6.92 Å². The molecule has 3 aromatic rings. The van der Waals surface area contributed by atoms with Crippen LogP contribution >= 0.6 is 0 Å². The van der Waals surface area contributed by atoms with Crippen molar-refractivity contribution in [1.82, 2.24) is 9.97 Å². The molecule has 1 aromatic carbocycles. The van der Waals surface area contributed by atoms with Crippen LogP contribution < -0.4 is 11.1 Å². The molecule has 2 aromatic heterocycles. The lowest BCUT2D eigenvalue weighted by Gasteiger charge is -1.94. The van der Waals surface area contributed by atoms with Gasteiger partial charge in [0, 0.05) is 0 Å². The molecule has 0 saturated carbocycles. The molecule has 3 rings (SSSR count). The molecule has 0 fully saturated rings. The number of benzene rings is 1. The van der Waals surface area contributed by atoms with E-state index in [1.807, 2.05) is 18.2 Å². The highest BCUT2D eigenvalue weighted by molar-refractivity contribution is 6.02. The number of hydrogen-bond donors (Lipinski definition) is 0. The van der Waals surface area contributed by atoms with Crippen LogP contribution in [-0.4, -0.2) is 9.97 Å². The average molecular weight is 325 g/mol. The van der Waals surface area contributed by atoms with Gasteiger partial charge in [-0.3, -0.25) is 0 Å². The third-order valence-corrected chi connectivity index (χ3v) is 3.33. The molecule has 0 aliphatic carbocycles. The molecule has 9 nitrogen and oxygen atoms in total. The van der Waals surface area contributed by atoms with E-state index in [1.54, 1.807) is 12.1 Å². The second kappa shape index (κ2) is 5.52. The van der Waals surface area contributed by atoms with Crippen molar-refractivity contribution in [1.29, 1.82) is 26.3 Å². The summed E-state index contributed by atoms with van der Waals surface area (Å²) in [5.41, 5.74) is -0.804. The van der Waals surface area contributed by atoms with E-state index in [9.17, 15) is 10.5 Å². The summed E-state index contributed by atoms with van der Waals surface area (Å²) in [4.78, 5) is 8.06. The lowest BCUT2D eigenvalue weighted by atomic mass is 10.1. The van der Waals surface area contributed by atoms with Crippen LogP contribution in [0, 0.1) is 56.7 Å². The topological polar surface area (TPSA) is 171 Å². The number of rotatable bonds is 0. The molecule has 0 amide bonds. The van der Waals surface area contributed by atoms with Crippen molar-refractivity contribution in [3.63, 3.8) is 0 Å². The number of nitriles is 5. The Morgan fingerprint density at radius 3 is 1.68 bits per heavy atom. The first-order valence-corrected chi connectivity index (χ1v) is 6.58. The summed E-state index contributed by atoms with van der Waals surface area (Å²) in [6, 6.07) is 8.90. The van der Waals surface area contributed by atoms with Gasteiger partial charge in [0.15, 0.2) is 16.7 Å². The standard InChI is InChI=1S/C16H3N7O2/c1-7(2-17)15-22-11-9(5-20)14-12(10(6-21)13(11)24-15)23-16(25-14)8(3-18)4-19/h1H3/b15-7-. The fourth-order valence-corrected chi connectivity index (χ4v) is 2.18. The number of nitrogens with zero attached hydrogens (tertiary/aromatic N) is 7. The van der Waals surface area contributed by atoms with Gasteiger partial charge in [0.05, 0.1) is 5.57 Å². The van der Waals surface area contributed by atoms with E-state index in [1.165, 1.54) is 6.92 Å². The highest BCUT2D eigenvalue weighted by Gasteiger charge is 2.23. The lowest BCUT2D eigenvalue weighted by molar-refractivity contribution is 0.557. The van der Waals surface area contributed by atoms with E-state index in [4.69, 9.17) is 24.6 Å². The second-order valence-corrected chi connectivity index (χ2v) is 4.70. The number of fused-ring (bicyclic) bond motifs is 2. The second-order valence-electron chi connectivity index (χ2n) is 4.70. The normalized spacial score (nSPS) is 11.0. The van der Waals surface area contributed by atoms with E-state index in [-0.39, 0.29) is 50.0 Å². The molecular weight excluding hydrogens is 322 g/mol. The Hall–Kier alpha value is -4.65. The van der Waals surface area contributed by atoms with Crippen LogP contribution in [0.4, 0.5) is 0 Å². The quantitative estimate of drug-likeness (QED) is 0.573. The van der Waals surface area contributed by atoms with Crippen molar-refractivity contribution < 1.29 is 8.83 Å². The first-order chi connectivity index (χ1) is 12.1. The molecule has 9 heteroatoms. The van der Waals surface area contributed by atoms with Crippen molar-refractivity contribution in [2.75, 3.05) is 0 Å². The summed E-state index contributed by atoms with van der Waals surface area (Å²) < 4.78 is 10.8. The molecule has 0 N–H and O–H groups in total. The summed E-state index contributed by atoms with van der Waals surface area (Å²) in [6.07, 6.45) is 0. The van der Waals surface area contributed by atoms with Crippen LogP contribution in [0.15, 0.2) is 8.83 Å². The maximum absolute atomic E-state index is 9.45. The zero-order valence-corrected chi connectivity index (χ0v) is 12.4. The van der Waals surface area contributed by atoms with Crippen molar-refractivity contribution >= 4 is 33.3 Å². The maximum Gasteiger partial charge on any atom is 0.249 e. The predicted molar refractivity (Wildman–Crippen MR) is 79.6 cm³/mol. The van der Waals surface area contributed by atoms with Gasteiger partial charge < -0.3 is 8.83 Å². The monoisotopic (exact) mass is 325 g/mol. The SMILES string of the molecule is C/C(C#N)=c1\nc2c(C#N)c3oc(=C(C#N)C#N)nc3c(C#N)c2o1. The smallest absolute Gasteiger partial charge is 0.249 e.